The largest absolute Gasteiger partial charge is 0.360 e. The van der Waals surface area contributed by atoms with E-state index in [9.17, 15) is 0 Å². The molecule has 0 bridgehead atoms. The van der Waals surface area contributed by atoms with Crippen molar-refractivity contribution in [2.75, 3.05) is 6.54 Å². The highest BCUT2D eigenvalue weighted by Gasteiger charge is 2.31. The third-order valence-electron chi connectivity index (χ3n) is 3.65. The maximum Gasteiger partial charge on any atom is 0.229 e. The van der Waals surface area contributed by atoms with E-state index < -0.39 is 0 Å². The van der Waals surface area contributed by atoms with Crippen LogP contribution in [0.1, 0.15) is 61.8 Å². The smallest absolute Gasteiger partial charge is 0.229 e. The van der Waals surface area contributed by atoms with Gasteiger partial charge in [0.05, 0.1) is 18.3 Å². The van der Waals surface area contributed by atoms with Crippen LogP contribution >= 0.6 is 0 Å². The van der Waals surface area contributed by atoms with Crippen molar-refractivity contribution >= 4 is 0 Å². The summed E-state index contributed by atoms with van der Waals surface area (Å²) in [5.41, 5.74) is 0.914. The Bertz CT molecular complexity index is 575. The zero-order valence-corrected chi connectivity index (χ0v) is 12.2. The van der Waals surface area contributed by atoms with E-state index in [4.69, 9.17) is 9.05 Å². The van der Waals surface area contributed by atoms with Gasteiger partial charge in [0.2, 0.25) is 5.89 Å². The lowest BCUT2D eigenvalue weighted by Crippen LogP contribution is -2.23. The first-order valence-corrected chi connectivity index (χ1v) is 7.13. The molecule has 0 N–H and O–H groups in total. The van der Waals surface area contributed by atoms with Crippen molar-refractivity contribution in [1.82, 2.24) is 20.2 Å². The van der Waals surface area contributed by atoms with Crippen LogP contribution in [0.25, 0.3) is 0 Å². The maximum absolute atomic E-state index is 5.32. The van der Waals surface area contributed by atoms with Crippen molar-refractivity contribution in [2.45, 2.75) is 52.1 Å². The minimum atomic E-state index is 0.219. The Labute approximate surface area is 118 Å². The summed E-state index contributed by atoms with van der Waals surface area (Å²) in [6.45, 7) is 7.82. The molecule has 1 saturated heterocycles. The van der Waals surface area contributed by atoms with Gasteiger partial charge in [-0.1, -0.05) is 24.2 Å². The van der Waals surface area contributed by atoms with E-state index in [0.717, 1.165) is 43.2 Å². The SMILES string of the molecule is Cc1cc(CN2CCC[C@H]2c2noc(C(C)C)n2)on1. The van der Waals surface area contributed by atoms with Gasteiger partial charge in [-0.15, -0.1) is 0 Å². The lowest BCUT2D eigenvalue weighted by atomic mass is 10.2. The normalized spacial score (nSPS) is 20.1. The molecule has 3 rings (SSSR count). The summed E-state index contributed by atoms with van der Waals surface area (Å²) < 4.78 is 10.6. The van der Waals surface area contributed by atoms with E-state index in [1.807, 2.05) is 13.0 Å². The average Bonchev–Trinajstić information content (AvgIpc) is 3.10. The molecule has 0 amide bonds. The van der Waals surface area contributed by atoms with Gasteiger partial charge in [0.15, 0.2) is 11.6 Å². The summed E-state index contributed by atoms with van der Waals surface area (Å²) in [4.78, 5) is 6.85. The average molecular weight is 276 g/mol. The first kappa shape index (κ1) is 13.3. The molecule has 1 fully saturated rings. The highest BCUT2D eigenvalue weighted by Crippen LogP contribution is 2.32. The second-order valence-electron chi connectivity index (χ2n) is 5.71. The van der Waals surface area contributed by atoms with Crippen LogP contribution in [0.2, 0.25) is 0 Å². The summed E-state index contributed by atoms with van der Waals surface area (Å²) >= 11 is 0. The van der Waals surface area contributed by atoms with Gasteiger partial charge in [0.1, 0.15) is 0 Å². The molecule has 20 heavy (non-hydrogen) atoms. The standard InChI is InChI=1S/C14H20N4O2/c1-9(2)14-15-13(17-20-14)12-5-4-6-18(12)8-11-7-10(3)16-19-11/h7,9,12H,4-6,8H2,1-3H3/t12-/m0/s1. The summed E-state index contributed by atoms with van der Waals surface area (Å²) in [7, 11) is 0. The molecule has 1 aliphatic rings. The molecule has 0 saturated carbocycles. The fourth-order valence-corrected chi connectivity index (χ4v) is 2.62. The topological polar surface area (TPSA) is 68.2 Å². The van der Waals surface area contributed by atoms with Crippen LogP contribution < -0.4 is 0 Å². The quantitative estimate of drug-likeness (QED) is 0.855. The molecule has 3 heterocycles. The van der Waals surface area contributed by atoms with Gasteiger partial charge in [-0.25, -0.2) is 0 Å². The Morgan fingerprint density at radius 1 is 1.35 bits per heavy atom. The Morgan fingerprint density at radius 2 is 2.20 bits per heavy atom. The van der Waals surface area contributed by atoms with Crippen molar-refractivity contribution < 1.29 is 9.05 Å². The predicted molar refractivity (Wildman–Crippen MR) is 72.0 cm³/mol. The van der Waals surface area contributed by atoms with Crippen LogP contribution in [-0.2, 0) is 6.54 Å². The van der Waals surface area contributed by atoms with Crippen LogP contribution in [0.4, 0.5) is 0 Å². The predicted octanol–water partition coefficient (Wildman–Crippen LogP) is 2.83. The fourth-order valence-electron chi connectivity index (χ4n) is 2.62. The number of aromatic nitrogens is 3. The molecule has 6 nitrogen and oxygen atoms in total. The molecule has 6 heteroatoms. The van der Waals surface area contributed by atoms with Crippen LogP contribution in [0.15, 0.2) is 15.1 Å². The van der Waals surface area contributed by atoms with E-state index in [1.54, 1.807) is 0 Å². The Balaban J connectivity index is 1.74. The number of aryl methyl sites for hydroxylation is 1. The van der Waals surface area contributed by atoms with Gasteiger partial charge in [-0.2, -0.15) is 4.98 Å². The third kappa shape index (κ3) is 2.60. The maximum atomic E-state index is 5.32. The van der Waals surface area contributed by atoms with Crippen LogP contribution in [-0.4, -0.2) is 26.7 Å². The number of hydrogen-bond donors (Lipinski definition) is 0. The zero-order chi connectivity index (χ0) is 14.1. The molecule has 108 valence electrons. The van der Waals surface area contributed by atoms with E-state index in [0.29, 0.717) is 5.89 Å². The molecule has 0 aromatic carbocycles. The van der Waals surface area contributed by atoms with Crippen molar-refractivity contribution in [2.24, 2.45) is 0 Å². The van der Waals surface area contributed by atoms with E-state index in [2.05, 4.69) is 34.0 Å². The highest BCUT2D eigenvalue weighted by molar-refractivity contribution is 5.06. The summed E-state index contributed by atoms with van der Waals surface area (Å²) in [5.74, 6) is 2.66. The monoisotopic (exact) mass is 276 g/mol. The minimum Gasteiger partial charge on any atom is -0.360 e. The molecular weight excluding hydrogens is 256 g/mol. The van der Waals surface area contributed by atoms with Crippen LogP contribution in [0, 0.1) is 6.92 Å². The van der Waals surface area contributed by atoms with Crippen molar-refractivity contribution in [1.29, 1.82) is 0 Å². The number of hydrogen-bond acceptors (Lipinski definition) is 6. The number of rotatable bonds is 4. The molecule has 0 aliphatic carbocycles. The van der Waals surface area contributed by atoms with Crippen LogP contribution in [0.3, 0.4) is 0 Å². The van der Waals surface area contributed by atoms with Gasteiger partial charge >= 0.3 is 0 Å². The molecule has 0 spiro atoms. The summed E-state index contributed by atoms with van der Waals surface area (Å²) in [6.07, 6.45) is 2.20. The highest BCUT2D eigenvalue weighted by atomic mass is 16.5. The Hall–Kier alpha value is -1.69. The molecule has 0 radical (unpaired) electrons. The lowest BCUT2D eigenvalue weighted by Gasteiger charge is -2.19. The molecule has 1 atom stereocenters. The number of nitrogens with zero attached hydrogens (tertiary/aromatic N) is 4. The molecule has 2 aromatic heterocycles. The number of likely N-dealkylation sites (tertiary alicyclic amines) is 1. The van der Waals surface area contributed by atoms with Crippen molar-refractivity contribution in [3.05, 3.63) is 29.2 Å². The molecule has 1 aliphatic heterocycles. The van der Waals surface area contributed by atoms with E-state index in [-0.39, 0.29) is 12.0 Å². The van der Waals surface area contributed by atoms with Crippen molar-refractivity contribution in [3.63, 3.8) is 0 Å². The van der Waals surface area contributed by atoms with Gasteiger partial charge in [-0.3, -0.25) is 4.90 Å². The van der Waals surface area contributed by atoms with Crippen LogP contribution in [0.5, 0.6) is 0 Å². The van der Waals surface area contributed by atoms with Gasteiger partial charge in [0, 0.05) is 12.0 Å². The summed E-state index contributed by atoms with van der Waals surface area (Å²) in [6, 6.07) is 2.20. The summed E-state index contributed by atoms with van der Waals surface area (Å²) in [5, 5.41) is 8.07. The van der Waals surface area contributed by atoms with Gasteiger partial charge < -0.3 is 9.05 Å². The lowest BCUT2D eigenvalue weighted by molar-refractivity contribution is 0.206. The molecule has 0 unspecified atom stereocenters. The second-order valence-corrected chi connectivity index (χ2v) is 5.71. The first-order chi connectivity index (χ1) is 9.63. The zero-order valence-electron chi connectivity index (χ0n) is 12.2. The molecular formula is C14H20N4O2. The van der Waals surface area contributed by atoms with Gasteiger partial charge in [-0.05, 0) is 26.3 Å². The minimum absolute atomic E-state index is 0.219. The molecule has 2 aromatic rings. The Kier molecular flexibility index (Phi) is 3.56. The van der Waals surface area contributed by atoms with Crippen molar-refractivity contribution in [3.8, 4) is 0 Å². The van der Waals surface area contributed by atoms with E-state index in [1.165, 1.54) is 0 Å². The first-order valence-electron chi connectivity index (χ1n) is 7.13. The van der Waals surface area contributed by atoms with Gasteiger partial charge in [0.25, 0.3) is 0 Å². The third-order valence-corrected chi connectivity index (χ3v) is 3.65. The fraction of sp³-hybridized carbons (Fsp3) is 0.643. The van der Waals surface area contributed by atoms with E-state index >= 15 is 0 Å². The Morgan fingerprint density at radius 3 is 2.85 bits per heavy atom. The second kappa shape index (κ2) is 5.36.